The van der Waals surface area contributed by atoms with E-state index in [0.717, 1.165) is 23.1 Å². The van der Waals surface area contributed by atoms with Gasteiger partial charge in [-0.3, -0.25) is 4.90 Å². The molecule has 1 aromatic carbocycles. The molecule has 0 bridgehead atoms. The number of piperidine rings is 1. The minimum Gasteiger partial charge on any atom is -0.419 e. The Morgan fingerprint density at radius 2 is 2.14 bits per heavy atom. The van der Waals surface area contributed by atoms with Crippen molar-refractivity contribution in [1.29, 1.82) is 0 Å². The van der Waals surface area contributed by atoms with Gasteiger partial charge in [-0.05, 0) is 53.9 Å². The fraction of sp³-hybridized carbons (Fsp3) is 0.500. The fourth-order valence-corrected chi connectivity index (χ4v) is 3.42. The molecular weight excluding hydrogens is 330 g/mol. The molecule has 3 rings (SSSR count). The van der Waals surface area contributed by atoms with E-state index in [2.05, 4.69) is 38.0 Å². The maximum Gasteiger partial charge on any atom is 0.248 e. The summed E-state index contributed by atoms with van der Waals surface area (Å²) in [6.45, 7) is 4.14. The van der Waals surface area contributed by atoms with Crippen LogP contribution in [0.3, 0.4) is 0 Å². The number of aromatic nitrogens is 2. The van der Waals surface area contributed by atoms with E-state index in [4.69, 9.17) is 4.42 Å². The average molecular weight is 350 g/mol. The number of hydrogen-bond acceptors (Lipinski definition) is 4. The molecule has 1 unspecified atom stereocenters. The van der Waals surface area contributed by atoms with Gasteiger partial charge in [0.05, 0.1) is 12.1 Å². The molecule has 0 radical (unpaired) electrons. The number of hydrogen-bond donors (Lipinski definition) is 0. The summed E-state index contributed by atoms with van der Waals surface area (Å²) < 4.78 is 6.83. The van der Waals surface area contributed by atoms with Gasteiger partial charge in [0.2, 0.25) is 11.8 Å². The zero-order valence-electron chi connectivity index (χ0n) is 12.3. The van der Waals surface area contributed by atoms with Gasteiger partial charge < -0.3 is 4.42 Å². The molecule has 1 atom stereocenters. The third-order valence-corrected chi connectivity index (χ3v) is 4.82. The van der Waals surface area contributed by atoms with Crippen molar-refractivity contribution >= 4 is 15.9 Å². The summed E-state index contributed by atoms with van der Waals surface area (Å²) in [5, 5.41) is 8.41. The standard InChI is InChI=1S/C16H20BrN3O/c1-2-12-7-5-6-10-20(12)11-15-18-19-16(21-15)13-8-3-4-9-14(13)17/h3-4,8-9,12H,2,5-7,10-11H2,1H3. The van der Waals surface area contributed by atoms with E-state index in [1.54, 1.807) is 0 Å². The minimum absolute atomic E-state index is 0.586. The van der Waals surface area contributed by atoms with Crippen LogP contribution >= 0.6 is 15.9 Å². The van der Waals surface area contributed by atoms with Crippen molar-refractivity contribution in [3.05, 3.63) is 34.6 Å². The molecule has 0 N–H and O–H groups in total. The molecule has 1 aromatic heterocycles. The molecule has 1 saturated heterocycles. The highest BCUT2D eigenvalue weighted by atomic mass is 79.9. The van der Waals surface area contributed by atoms with E-state index < -0.39 is 0 Å². The van der Waals surface area contributed by atoms with Crippen LogP contribution in [-0.4, -0.2) is 27.7 Å². The predicted octanol–water partition coefficient (Wildman–Crippen LogP) is 4.26. The highest BCUT2D eigenvalue weighted by molar-refractivity contribution is 9.10. The lowest BCUT2D eigenvalue weighted by Crippen LogP contribution is -2.38. The van der Waals surface area contributed by atoms with Gasteiger partial charge in [0.1, 0.15) is 0 Å². The molecule has 112 valence electrons. The molecule has 21 heavy (non-hydrogen) atoms. The summed E-state index contributed by atoms with van der Waals surface area (Å²) in [4.78, 5) is 2.47. The first-order chi connectivity index (χ1) is 10.3. The molecular formula is C16H20BrN3O. The molecule has 0 saturated carbocycles. The van der Waals surface area contributed by atoms with Gasteiger partial charge in [0.25, 0.3) is 0 Å². The zero-order valence-corrected chi connectivity index (χ0v) is 13.8. The van der Waals surface area contributed by atoms with Crippen molar-refractivity contribution in [2.45, 2.75) is 45.2 Å². The largest absolute Gasteiger partial charge is 0.419 e. The lowest BCUT2D eigenvalue weighted by Gasteiger charge is -2.33. The quantitative estimate of drug-likeness (QED) is 0.826. The lowest BCUT2D eigenvalue weighted by molar-refractivity contribution is 0.124. The van der Waals surface area contributed by atoms with Crippen LogP contribution in [0.25, 0.3) is 11.5 Å². The van der Waals surface area contributed by atoms with E-state index in [9.17, 15) is 0 Å². The zero-order chi connectivity index (χ0) is 14.7. The van der Waals surface area contributed by atoms with E-state index >= 15 is 0 Å². The summed E-state index contributed by atoms with van der Waals surface area (Å²) in [6.07, 6.45) is 5.07. The Hall–Kier alpha value is -1.20. The molecule has 0 spiro atoms. The third kappa shape index (κ3) is 3.35. The Labute approximate surface area is 133 Å². The molecule has 0 amide bonds. The van der Waals surface area contributed by atoms with Crippen molar-refractivity contribution in [2.24, 2.45) is 0 Å². The van der Waals surface area contributed by atoms with Gasteiger partial charge in [-0.1, -0.05) is 25.5 Å². The number of benzene rings is 1. The first kappa shape index (κ1) is 14.7. The summed E-state index contributed by atoms with van der Waals surface area (Å²) in [7, 11) is 0. The summed E-state index contributed by atoms with van der Waals surface area (Å²) in [6, 6.07) is 8.57. The Bertz CT molecular complexity index is 599. The van der Waals surface area contributed by atoms with Crippen LogP contribution in [0.15, 0.2) is 33.2 Å². The van der Waals surface area contributed by atoms with Gasteiger partial charge in [-0.15, -0.1) is 10.2 Å². The Morgan fingerprint density at radius 1 is 1.29 bits per heavy atom. The molecule has 2 aromatic rings. The van der Waals surface area contributed by atoms with E-state index in [1.807, 2.05) is 24.3 Å². The van der Waals surface area contributed by atoms with Crippen LogP contribution in [0, 0.1) is 0 Å². The van der Waals surface area contributed by atoms with E-state index in [-0.39, 0.29) is 0 Å². The van der Waals surface area contributed by atoms with Gasteiger partial charge in [0, 0.05) is 10.5 Å². The Kier molecular flexibility index (Phi) is 4.70. The molecule has 1 fully saturated rings. The molecule has 0 aliphatic carbocycles. The van der Waals surface area contributed by atoms with Gasteiger partial charge in [-0.2, -0.15) is 0 Å². The van der Waals surface area contributed by atoms with Crippen LogP contribution < -0.4 is 0 Å². The average Bonchev–Trinajstić information content (AvgIpc) is 2.96. The highest BCUT2D eigenvalue weighted by Gasteiger charge is 2.23. The maximum absolute atomic E-state index is 5.85. The second-order valence-electron chi connectivity index (χ2n) is 5.51. The summed E-state index contributed by atoms with van der Waals surface area (Å²) >= 11 is 3.52. The van der Waals surface area contributed by atoms with Crippen molar-refractivity contribution in [1.82, 2.24) is 15.1 Å². The number of nitrogens with zero attached hydrogens (tertiary/aromatic N) is 3. The first-order valence-corrected chi connectivity index (χ1v) is 8.38. The third-order valence-electron chi connectivity index (χ3n) is 4.13. The van der Waals surface area contributed by atoms with Crippen LogP contribution in [0.5, 0.6) is 0 Å². The Morgan fingerprint density at radius 3 is 2.95 bits per heavy atom. The molecule has 2 heterocycles. The van der Waals surface area contributed by atoms with Gasteiger partial charge >= 0.3 is 0 Å². The van der Waals surface area contributed by atoms with Crippen molar-refractivity contribution in [2.75, 3.05) is 6.54 Å². The monoisotopic (exact) mass is 349 g/mol. The Balaban J connectivity index is 1.75. The fourth-order valence-electron chi connectivity index (χ4n) is 2.97. The highest BCUT2D eigenvalue weighted by Crippen LogP contribution is 2.27. The van der Waals surface area contributed by atoms with E-state index in [0.29, 0.717) is 17.8 Å². The van der Waals surface area contributed by atoms with Crippen LogP contribution in [0.1, 0.15) is 38.5 Å². The maximum atomic E-state index is 5.85. The normalized spacial score (nSPS) is 19.8. The number of halogens is 1. The topological polar surface area (TPSA) is 42.2 Å². The second kappa shape index (κ2) is 6.71. The molecule has 4 nitrogen and oxygen atoms in total. The van der Waals surface area contributed by atoms with Crippen molar-refractivity contribution in [3.63, 3.8) is 0 Å². The van der Waals surface area contributed by atoms with Crippen LogP contribution in [0.4, 0.5) is 0 Å². The van der Waals surface area contributed by atoms with Crippen molar-refractivity contribution < 1.29 is 4.42 Å². The van der Waals surface area contributed by atoms with Crippen molar-refractivity contribution in [3.8, 4) is 11.5 Å². The molecule has 1 aliphatic heterocycles. The summed E-state index contributed by atoms with van der Waals surface area (Å²) in [5.41, 5.74) is 0.946. The van der Waals surface area contributed by atoms with Crippen LogP contribution in [0.2, 0.25) is 0 Å². The number of rotatable bonds is 4. The van der Waals surface area contributed by atoms with Gasteiger partial charge in [-0.25, -0.2) is 0 Å². The molecule has 5 heteroatoms. The predicted molar refractivity (Wildman–Crippen MR) is 85.8 cm³/mol. The second-order valence-corrected chi connectivity index (χ2v) is 6.36. The summed E-state index contributed by atoms with van der Waals surface area (Å²) in [5.74, 6) is 1.30. The minimum atomic E-state index is 0.586. The number of likely N-dealkylation sites (tertiary alicyclic amines) is 1. The first-order valence-electron chi connectivity index (χ1n) is 7.59. The smallest absolute Gasteiger partial charge is 0.248 e. The SMILES string of the molecule is CCC1CCCCN1Cc1nnc(-c2ccccc2Br)o1. The van der Waals surface area contributed by atoms with Crippen LogP contribution in [-0.2, 0) is 6.54 Å². The van der Waals surface area contributed by atoms with Gasteiger partial charge in [0.15, 0.2) is 0 Å². The molecule has 1 aliphatic rings. The van der Waals surface area contributed by atoms with E-state index in [1.165, 1.54) is 25.7 Å². The lowest BCUT2D eigenvalue weighted by atomic mass is 10.0.